The molecule has 2 aromatic carbocycles. The number of aryl methyl sites for hydroxylation is 1. The van der Waals surface area contributed by atoms with E-state index in [9.17, 15) is 5.11 Å². The highest BCUT2D eigenvalue weighted by Gasteiger charge is 2.27. The molecule has 0 saturated carbocycles. The monoisotopic (exact) mass is 452 g/mol. The second-order valence-electron chi connectivity index (χ2n) is 7.15. The van der Waals surface area contributed by atoms with Crippen molar-refractivity contribution in [2.45, 2.75) is 53.1 Å². The third kappa shape index (κ3) is 6.12. The second-order valence-corrected chi connectivity index (χ2v) is 7.59. The van der Waals surface area contributed by atoms with Crippen LogP contribution in [-0.4, -0.2) is 10.3 Å². The van der Waals surface area contributed by atoms with Gasteiger partial charge in [-0.05, 0) is 36.6 Å². The molecule has 1 atom stereocenters. The maximum atomic E-state index is 11.3. The molecule has 0 radical (unpaired) electrons. The van der Waals surface area contributed by atoms with Gasteiger partial charge in [0.2, 0.25) is 0 Å². The highest BCUT2D eigenvalue weighted by Crippen LogP contribution is 2.37. The first-order valence-electron chi connectivity index (χ1n) is 11.1. The molecule has 3 aromatic rings. The second kappa shape index (κ2) is 12.9. The molecule has 0 aliphatic carbocycles. The number of aromatic nitrogens is 1. The molecule has 3 rings (SSSR count). The predicted octanol–water partition coefficient (Wildman–Crippen LogP) is 7.02. The van der Waals surface area contributed by atoms with Crippen molar-refractivity contribution < 1.29 is 9.63 Å². The van der Waals surface area contributed by atoms with E-state index in [-0.39, 0.29) is 0 Å². The largest absolute Gasteiger partial charge is 0.404 e. The number of allylic oxidation sites excluding steroid dienone is 1. The van der Waals surface area contributed by atoms with Crippen LogP contribution in [0, 0.1) is 0 Å². The molecule has 1 unspecified atom stereocenters. The van der Waals surface area contributed by atoms with Gasteiger partial charge < -0.3 is 15.4 Å². The molecule has 0 spiro atoms. The fourth-order valence-electron chi connectivity index (χ4n) is 3.58. The summed E-state index contributed by atoms with van der Waals surface area (Å²) in [6, 6.07) is 15.7. The predicted molar refractivity (Wildman–Crippen MR) is 134 cm³/mol. The Balaban J connectivity index is 0.00000176. The number of nitrogens with zero attached hydrogens (tertiary/aromatic N) is 1. The quantitative estimate of drug-likeness (QED) is 0.360. The minimum Gasteiger partial charge on any atom is -0.404 e. The lowest BCUT2D eigenvalue weighted by molar-refractivity contribution is 0.216. The van der Waals surface area contributed by atoms with Crippen LogP contribution in [0.2, 0.25) is 5.02 Å². The van der Waals surface area contributed by atoms with Gasteiger partial charge in [0.05, 0.1) is 5.56 Å². The average Bonchev–Trinajstić information content (AvgIpc) is 3.22. The first-order chi connectivity index (χ1) is 15.6. The van der Waals surface area contributed by atoms with Gasteiger partial charge in [0.1, 0.15) is 17.6 Å². The Morgan fingerprint density at radius 1 is 1.19 bits per heavy atom. The van der Waals surface area contributed by atoms with Crippen molar-refractivity contribution in [3.63, 3.8) is 0 Å². The van der Waals surface area contributed by atoms with Crippen LogP contribution in [-0.2, 0) is 12.8 Å². The summed E-state index contributed by atoms with van der Waals surface area (Å²) in [4.78, 5) is 0. The van der Waals surface area contributed by atoms with Crippen LogP contribution in [0.15, 0.2) is 77.0 Å². The van der Waals surface area contributed by atoms with Gasteiger partial charge in [-0.15, -0.1) is 0 Å². The van der Waals surface area contributed by atoms with Crippen LogP contribution < -0.4 is 5.73 Å². The summed E-state index contributed by atoms with van der Waals surface area (Å²) in [5.41, 5.74) is 10.7. The highest BCUT2D eigenvalue weighted by atomic mass is 35.5. The van der Waals surface area contributed by atoms with Crippen molar-refractivity contribution in [1.29, 1.82) is 0 Å². The Morgan fingerprint density at radius 3 is 2.53 bits per heavy atom. The number of hydrogen-bond acceptors (Lipinski definition) is 4. The topological polar surface area (TPSA) is 72.3 Å². The van der Waals surface area contributed by atoms with E-state index in [1.54, 1.807) is 6.08 Å². The molecule has 0 bridgehead atoms. The lowest BCUT2D eigenvalue weighted by Gasteiger charge is -2.15. The number of rotatable bonds is 8. The van der Waals surface area contributed by atoms with Crippen molar-refractivity contribution in [1.82, 2.24) is 5.16 Å². The Labute approximate surface area is 196 Å². The van der Waals surface area contributed by atoms with Crippen molar-refractivity contribution in [3.05, 3.63) is 99.9 Å². The molecule has 170 valence electrons. The van der Waals surface area contributed by atoms with E-state index in [0.29, 0.717) is 34.0 Å². The molecule has 0 amide bonds. The van der Waals surface area contributed by atoms with Gasteiger partial charge in [-0.25, -0.2) is 0 Å². The number of hydrogen-bond donors (Lipinski definition) is 2. The Bertz CT molecular complexity index is 1040. The van der Waals surface area contributed by atoms with Crippen molar-refractivity contribution in [3.8, 4) is 11.3 Å². The van der Waals surface area contributed by atoms with Crippen molar-refractivity contribution >= 4 is 11.6 Å². The normalized spacial score (nSPS) is 12.5. The third-order valence-corrected chi connectivity index (χ3v) is 5.23. The molecular formula is C27H33ClN2O2. The Hall–Kier alpha value is -2.82. The summed E-state index contributed by atoms with van der Waals surface area (Å²) in [6.07, 6.45) is 6.43. The van der Waals surface area contributed by atoms with E-state index in [2.05, 4.69) is 12.1 Å². The Morgan fingerprint density at radius 2 is 1.91 bits per heavy atom. The number of aliphatic hydroxyl groups excluding tert-OH is 1. The lowest BCUT2D eigenvalue weighted by atomic mass is 9.91. The number of halogens is 1. The average molecular weight is 453 g/mol. The fraction of sp³-hybridized carbons (Fsp3) is 0.296. The molecule has 0 aliphatic heterocycles. The lowest BCUT2D eigenvalue weighted by Crippen LogP contribution is -2.06. The standard InChI is InChI=1S/C25H27ClN2O2.C2H6/c1-3-8-18-15-20(26)12-13-21(18)24-23(25(29)19(16-27)9-4-2)22(30-28-24)14-17-10-6-5-7-11-17;1-2/h4-7,9-13,15-16,25,29H,3,8,14,27H2,1-2H3;1-2H3/b9-4-,19-16+;. The highest BCUT2D eigenvalue weighted by molar-refractivity contribution is 6.30. The van der Waals surface area contributed by atoms with Gasteiger partial charge in [-0.3, -0.25) is 0 Å². The first-order valence-corrected chi connectivity index (χ1v) is 11.5. The van der Waals surface area contributed by atoms with Crippen LogP contribution in [0.5, 0.6) is 0 Å². The van der Waals surface area contributed by atoms with E-state index in [1.165, 1.54) is 6.20 Å². The zero-order chi connectivity index (χ0) is 23.5. The summed E-state index contributed by atoms with van der Waals surface area (Å²) < 4.78 is 5.78. The minimum absolute atomic E-state index is 0.518. The van der Waals surface area contributed by atoms with Crippen molar-refractivity contribution in [2.24, 2.45) is 5.73 Å². The molecule has 1 aromatic heterocycles. The third-order valence-electron chi connectivity index (χ3n) is 4.99. The molecule has 3 N–H and O–H groups in total. The molecule has 0 saturated heterocycles. The smallest absolute Gasteiger partial charge is 0.147 e. The van der Waals surface area contributed by atoms with Gasteiger partial charge in [-0.2, -0.15) is 0 Å². The molecule has 5 heteroatoms. The summed E-state index contributed by atoms with van der Waals surface area (Å²) in [6.45, 7) is 8.00. The molecule has 0 fully saturated rings. The van der Waals surface area contributed by atoms with Crippen LogP contribution in [0.25, 0.3) is 11.3 Å². The summed E-state index contributed by atoms with van der Waals surface area (Å²) in [7, 11) is 0. The van der Waals surface area contributed by atoms with Gasteiger partial charge in [0, 0.05) is 28.8 Å². The van der Waals surface area contributed by atoms with E-state index < -0.39 is 6.10 Å². The van der Waals surface area contributed by atoms with Crippen molar-refractivity contribution in [2.75, 3.05) is 0 Å². The van der Waals surface area contributed by atoms with E-state index in [0.717, 1.165) is 29.5 Å². The number of benzene rings is 2. The SMILES string of the molecule is C/C=C\C(=C/N)C(O)c1c(-c2ccc(Cl)cc2CCC)noc1Cc1ccccc1.CC. The summed E-state index contributed by atoms with van der Waals surface area (Å²) >= 11 is 6.24. The van der Waals surface area contributed by atoms with E-state index in [1.807, 2.05) is 75.4 Å². The van der Waals surface area contributed by atoms with Gasteiger partial charge in [0.25, 0.3) is 0 Å². The minimum atomic E-state index is -0.962. The van der Waals surface area contributed by atoms with Gasteiger partial charge in [-0.1, -0.05) is 92.5 Å². The van der Waals surface area contributed by atoms with Crippen LogP contribution in [0.4, 0.5) is 0 Å². The van der Waals surface area contributed by atoms with E-state index in [4.69, 9.17) is 21.9 Å². The van der Waals surface area contributed by atoms with Crippen LogP contribution >= 0.6 is 11.6 Å². The maximum absolute atomic E-state index is 11.3. The molecular weight excluding hydrogens is 420 g/mol. The zero-order valence-electron chi connectivity index (χ0n) is 19.3. The molecule has 32 heavy (non-hydrogen) atoms. The van der Waals surface area contributed by atoms with Crippen LogP contribution in [0.1, 0.15) is 62.7 Å². The fourth-order valence-corrected chi connectivity index (χ4v) is 3.78. The maximum Gasteiger partial charge on any atom is 0.147 e. The van der Waals surface area contributed by atoms with E-state index >= 15 is 0 Å². The summed E-state index contributed by atoms with van der Waals surface area (Å²) in [5, 5.41) is 16.3. The van der Waals surface area contributed by atoms with Gasteiger partial charge >= 0.3 is 0 Å². The summed E-state index contributed by atoms with van der Waals surface area (Å²) in [5.74, 6) is 0.616. The van der Waals surface area contributed by atoms with Gasteiger partial charge in [0.15, 0.2) is 0 Å². The number of aliphatic hydroxyl groups is 1. The number of nitrogens with two attached hydrogens (primary N) is 1. The first kappa shape index (κ1) is 25.4. The Kier molecular flexibility index (Phi) is 10.3. The molecule has 4 nitrogen and oxygen atoms in total. The molecule has 1 heterocycles. The molecule has 0 aliphatic rings. The zero-order valence-corrected chi connectivity index (χ0v) is 20.1. The van der Waals surface area contributed by atoms with Crippen LogP contribution in [0.3, 0.4) is 0 Å².